The molecular weight excluding hydrogens is 332 g/mol. The van der Waals surface area contributed by atoms with E-state index in [9.17, 15) is 4.79 Å². The zero-order valence-electron chi connectivity index (χ0n) is 12.9. The number of carbonyl (C=O) groups is 1. The first-order chi connectivity index (χ1) is 9.99. The molecule has 1 saturated heterocycles. The fraction of sp³-hybridized carbons (Fsp3) is 0.562. The number of nitrogens with zero attached hydrogens (tertiary/aromatic N) is 2. The summed E-state index contributed by atoms with van der Waals surface area (Å²) in [6.45, 7) is 3.05. The second-order valence-electron chi connectivity index (χ2n) is 5.77. The molecule has 0 spiro atoms. The van der Waals surface area contributed by atoms with Gasteiger partial charge in [-0.2, -0.15) is 0 Å². The molecule has 0 bridgehead atoms. The molecule has 1 aliphatic rings. The van der Waals surface area contributed by atoms with Crippen LogP contribution >= 0.6 is 15.9 Å². The molecule has 0 radical (unpaired) electrons. The summed E-state index contributed by atoms with van der Waals surface area (Å²) < 4.78 is 6.31. The topological polar surface area (TPSA) is 32.8 Å². The first kappa shape index (κ1) is 16.5. The monoisotopic (exact) mass is 354 g/mol. The molecule has 0 amide bonds. The van der Waals surface area contributed by atoms with Gasteiger partial charge in [0.25, 0.3) is 0 Å². The molecule has 1 heterocycles. The first-order valence-corrected chi connectivity index (χ1v) is 8.01. The summed E-state index contributed by atoms with van der Waals surface area (Å²) in [5.41, 5.74) is 0.948. The third-order valence-electron chi connectivity index (χ3n) is 4.07. The predicted molar refractivity (Wildman–Crippen MR) is 87.9 cm³/mol. The number of hydrogen-bond donors (Lipinski definition) is 0. The van der Waals surface area contributed by atoms with Gasteiger partial charge in [0.2, 0.25) is 0 Å². The van der Waals surface area contributed by atoms with Gasteiger partial charge in [-0.05, 0) is 32.3 Å². The van der Waals surface area contributed by atoms with Crippen LogP contribution in [0.1, 0.15) is 12.0 Å². The smallest absolute Gasteiger partial charge is 0.139 e. The van der Waals surface area contributed by atoms with E-state index in [2.05, 4.69) is 39.8 Å². The molecular formula is C16H23BrN2O2. The van der Waals surface area contributed by atoms with Gasteiger partial charge in [0.05, 0.1) is 7.11 Å². The fourth-order valence-corrected chi connectivity index (χ4v) is 3.16. The Balaban J connectivity index is 2.00. The number of methoxy groups -OCH3 is 1. The van der Waals surface area contributed by atoms with E-state index < -0.39 is 0 Å². The van der Waals surface area contributed by atoms with Crippen molar-refractivity contribution in [3.8, 4) is 5.75 Å². The van der Waals surface area contributed by atoms with Crippen molar-refractivity contribution in [2.75, 3.05) is 40.8 Å². The Kier molecular flexibility index (Phi) is 5.79. The van der Waals surface area contributed by atoms with E-state index in [1.54, 1.807) is 7.11 Å². The average Bonchev–Trinajstić information content (AvgIpc) is 2.43. The number of benzene rings is 1. The van der Waals surface area contributed by atoms with E-state index >= 15 is 0 Å². The minimum Gasteiger partial charge on any atom is -0.496 e. The second kappa shape index (κ2) is 7.38. The highest BCUT2D eigenvalue weighted by molar-refractivity contribution is 9.10. The van der Waals surface area contributed by atoms with E-state index in [1.807, 2.05) is 18.2 Å². The summed E-state index contributed by atoms with van der Waals surface area (Å²) in [5.74, 6) is 1.04. The van der Waals surface area contributed by atoms with Crippen LogP contribution in [-0.4, -0.2) is 62.5 Å². The molecule has 1 atom stereocenters. The van der Waals surface area contributed by atoms with Crippen molar-refractivity contribution in [1.29, 1.82) is 0 Å². The molecule has 2 rings (SSSR count). The first-order valence-electron chi connectivity index (χ1n) is 7.22. The van der Waals surface area contributed by atoms with E-state index in [1.165, 1.54) is 0 Å². The minimum atomic E-state index is 0.263. The number of carbonyl (C=O) groups excluding carboxylic acids is 1. The van der Waals surface area contributed by atoms with Crippen molar-refractivity contribution in [3.63, 3.8) is 0 Å². The van der Waals surface area contributed by atoms with Crippen LogP contribution in [0.15, 0.2) is 22.7 Å². The van der Waals surface area contributed by atoms with Crippen LogP contribution in [0.2, 0.25) is 0 Å². The molecule has 116 valence electrons. The zero-order chi connectivity index (χ0) is 15.4. The normalized spacial score (nSPS) is 20.5. The minimum absolute atomic E-state index is 0.263. The Hall–Kier alpha value is -0.910. The summed E-state index contributed by atoms with van der Waals surface area (Å²) in [6.07, 6.45) is 1.02. The third kappa shape index (κ3) is 4.53. The molecule has 0 N–H and O–H groups in total. The molecule has 5 heteroatoms. The van der Waals surface area contributed by atoms with Gasteiger partial charge in [-0.1, -0.05) is 15.9 Å². The maximum Gasteiger partial charge on any atom is 0.139 e. The summed E-state index contributed by atoms with van der Waals surface area (Å²) >= 11 is 3.45. The van der Waals surface area contributed by atoms with E-state index in [4.69, 9.17) is 4.74 Å². The number of likely N-dealkylation sites (N-methyl/N-ethyl adjacent to an activating group) is 2. The van der Waals surface area contributed by atoms with Crippen molar-refractivity contribution in [1.82, 2.24) is 9.80 Å². The van der Waals surface area contributed by atoms with Crippen molar-refractivity contribution in [3.05, 3.63) is 28.2 Å². The summed E-state index contributed by atoms with van der Waals surface area (Å²) in [7, 11) is 5.85. The molecule has 21 heavy (non-hydrogen) atoms. The lowest BCUT2D eigenvalue weighted by Gasteiger charge is -2.37. The summed E-state index contributed by atoms with van der Waals surface area (Å²) in [6, 6.07) is 6.10. The van der Waals surface area contributed by atoms with Crippen LogP contribution < -0.4 is 4.74 Å². The average molecular weight is 355 g/mol. The van der Waals surface area contributed by atoms with Crippen molar-refractivity contribution in [2.45, 2.75) is 18.9 Å². The third-order valence-corrected chi connectivity index (χ3v) is 4.57. The highest BCUT2D eigenvalue weighted by Gasteiger charge is 2.24. The number of Topliss-reactive ketones (excluding diaryl/α,β-unsaturated/α-hetero) is 1. The van der Waals surface area contributed by atoms with Gasteiger partial charge in [-0.25, -0.2) is 0 Å². The standard InChI is InChI=1S/C16H23BrN2O2/c1-18-6-7-19(2)14(11-18)10-15(20)9-12-8-13(17)4-5-16(12)21-3/h4-5,8,14H,6-7,9-11H2,1-3H3. The van der Waals surface area contributed by atoms with Crippen molar-refractivity contribution < 1.29 is 9.53 Å². The lowest BCUT2D eigenvalue weighted by Crippen LogP contribution is -2.50. The maximum absolute atomic E-state index is 12.4. The Morgan fingerprint density at radius 3 is 2.86 bits per heavy atom. The number of piperazine rings is 1. The number of ether oxygens (including phenoxy) is 1. The van der Waals surface area contributed by atoms with Crippen LogP contribution in [-0.2, 0) is 11.2 Å². The van der Waals surface area contributed by atoms with E-state index in [0.29, 0.717) is 18.9 Å². The predicted octanol–water partition coefficient (Wildman–Crippen LogP) is 2.21. The van der Waals surface area contributed by atoms with Gasteiger partial charge in [-0.15, -0.1) is 0 Å². The lowest BCUT2D eigenvalue weighted by atomic mass is 10.0. The van der Waals surface area contributed by atoms with Crippen LogP contribution in [0.4, 0.5) is 0 Å². The van der Waals surface area contributed by atoms with E-state index in [0.717, 1.165) is 35.4 Å². The molecule has 0 saturated carbocycles. The number of halogens is 1. The zero-order valence-corrected chi connectivity index (χ0v) is 14.5. The summed E-state index contributed by atoms with van der Waals surface area (Å²) in [5, 5.41) is 0. The number of ketones is 1. The quantitative estimate of drug-likeness (QED) is 0.811. The van der Waals surface area contributed by atoms with E-state index in [-0.39, 0.29) is 5.78 Å². The molecule has 1 aromatic rings. The van der Waals surface area contributed by atoms with Gasteiger partial charge in [0.1, 0.15) is 11.5 Å². The molecule has 1 fully saturated rings. The molecule has 4 nitrogen and oxygen atoms in total. The Bertz CT molecular complexity index is 507. The number of rotatable bonds is 5. The SMILES string of the molecule is COc1ccc(Br)cc1CC(=O)CC1CN(C)CCN1C. The van der Waals surface area contributed by atoms with Crippen molar-refractivity contribution in [2.24, 2.45) is 0 Å². The van der Waals surface area contributed by atoms with Gasteiger partial charge >= 0.3 is 0 Å². The van der Waals surface area contributed by atoms with Crippen LogP contribution in [0, 0.1) is 0 Å². The Labute approximate surface area is 135 Å². The molecule has 1 aliphatic heterocycles. The van der Waals surface area contributed by atoms with Gasteiger partial charge < -0.3 is 14.5 Å². The molecule has 0 aromatic heterocycles. The molecule has 1 aromatic carbocycles. The van der Waals surface area contributed by atoms with Gasteiger partial charge in [-0.3, -0.25) is 4.79 Å². The largest absolute Gasteiger partial charge is 0.496 e. The fourth-order valence-electron chi connectivity index (χ4n) is 2.75. The van der Waals surface area contributed by atoms with Gasteiger partial charge in [0, 0.05) is 48.6 Å². The molecule has 1 unspecified atom stereocenters. The molecule has 0 aliphatic carbocycles. The summed E-state index contributed by atoms with van der Waals surface area (Å²) in [4.78, 5) is 17.0. The van der Waals surface area contributed by atoms with Gasteiger partial charge in [0.15, 0.2) is 0 Å². The van der Waals surface area contributed by atoms with Crippen LogP contribution in [0.3, 0.4) is 0 Å². The second-order valence-corrected chi connectivity index (χ2v) is 6.69. The van der Waals surface area contributed by atoms with Crippen LogP contribution in [0.5, 0.6) is 5.75 Å². The highest BCUT2D eigenvalue weighted by Crippen LogP contribution is 2.24. The van der Waals surface area contributed by atoms with Crippen molar-refractivity contribution >= 4 is 21.7 Å². The van der Waals surface area contributed by atoms with Crippen LogP contribution in [0.25, 0.3) is 0 Å². The Morgan fingerprint density at radius 2 is 2.14 bits per heavy atom. The highest BCUT2D eigenvalue weighted by atomic mass is 79.9. The lowest BCUT2D eigenvalue weighted by molar-refractivity contribution is -0.120. The number of hydrogen-bond acceptors (Lipinski definition) is 4. The Morgan fingerprint density at radius 1 is 1.38 bits per heavy atom. The maximum atomic E-state index is 12.4.